The van der Waals surface area contributed by atoms with Crippen molar-refractivity contribution in [2.75, 3.05) is 20.1 Å². The van der Waals surface area contributed by atoms with Crippen molar-refractivity contribution in [2.45, 2.75) is 30.7 Å². The summed E-state index contributed by atoms with van der Waals surface area (Å²) in [5.74, 6) is 1.65. The van der Waals surface area contributed by atoms with Gasteiger partial charge in [0.15, 0.2) is 0 Å². The Balaban J connectivity index is 1.49. The number of nitrogens with zero attached hydrogens (tertiary/aromatic N) is 4. The second kappa shape index (κ2) is 5.49. The molecule has 0 spiro atoms. The zero-order valence-electron chi connectivity index (χ0n) is 13.5. The zero-order chi connectivity index (χ0) is 16.0. The molecule has 7 heteroatoms. The fourth-order valence-corrected chi connectivity index (χ4v) is 3.43. The lowest BCUT2D eigenvalue weighted by atomic mass is 10.00. The molecule has 2 aromatic heterocycles. The Kier molecular flexibility index (Phi) is 3.45. The van der Waals surface area contributed by atoms with E-state index in [1.54, 1.807) is 6.20 Å². The van der Waals surface area contributed by atoms with Gasteiger partial charge in [0, 0.05) is 43.9 Å². The van der Waals surface area contributed by atoms with Crippen molar-refractivity contribution >= 4 is 5.91 Å². The Labute approximate surface area is 135 Å². The lowest BCUT2D eigenvalue weighted by molar-refractivity contribution is 0.0930. The molecule has 0 radical (unpaired) electrons. The predicted octanol–water partition coefficient (Wildman–Crippen LogP) is 0.848. The first-order valence-corrected chi connectivity index (χ1v) is 8.12. The average Bonchev–Trinajstić information content (AvgIpc) is 2.93. The van der Waals surface area contributed by atoms with Crippen molar-refractivity contribution in [3.63, 3.8) is 0 Å². The molecule has 23 heavy (non-hydrogen) atoms. The molecule has 2 N–H and O–H groups in total. The van der Waals surface area contributed by atoms with Crippen molar-refractivity contribution in [3.05, 3.63) is 35.9 Å². The third-order valence-electron chi connectivity index (χ3n) is 4.86. The molecule has 0 aromatic carbocycles. The van der Waals surface area contributed by atoms with E-state index in [0.29, 0.717) is 11.6 Å². The molecule has 0 bridgehead atoms. The molecule has 2 atom stereocenters. The Morgan fingerprint density at radius 3 is 2.83 bits per heavy atom. The summed E-state index contributed by atoms with van der Waals surface area (Å²) >= 11 is 0. The Morgan fingerprint density at radius 2 is 2.13 bits per heavy atom. The number of likely N-dealkylation sites (N-methyl/N-ethyl adjacent to an activating group) is 1. The van der Waals surface area contributed by atoms with E-state index in [1.165, 1.54) is 12.8 Å². The number of imidazole rings is 2. The van der Waals surface area contributed by atoms with E-state index < -0.39 is 0 Å². The van der Waals surface area contributed by atoms with Gasteiger partial charge < -0.3 is 19.8 Å². The van der Waals surface area contributed by atoms with E-state index in [2.05, 4.69) is 32.2 Å². The second-order valence-electron chi connectivity index (χ2n) is 6.79. The maximum absolute atomic E-state index is 12.5. The summed E-state index contributed by atoms with van der Waals surface area (Å²) in [6.07, 6.45) is 7.70. The minimum atomic E-state index is -0.0723. The average molecular weight is 314 g/mol. The highest BCUT2D eigenvalue weighted by Gasteiger charge is 2.35. The highest BCUT2D eigenvalue weighted by Crippen LogP contribution is 2.38. The highest BCUT2D eigenvalue weighted by molar-refractivity contribution is 5.92. The van der Waals surface area contributed by atoms with Crippen LogP contribution in [-0.2, 0) is 7.05 Å². The van der Waals surface area contributed by atoms with E-state index >= 15 is 0 Å². The van der Waals surface area contributed by atoms with Crippen LogP contribution in [0.25, 0.3) is 0 Å². The standard InChI is InChI=1S/C16H22N6O/c1-21-7-11(14-6-17-9-22(14)2)13(8-21)20-16(23)12-5-18-15(19-12)10-3-4-10/h5-6,9-11,13H,3-4,7-8H2,1-2H3,(H,18,19)(H,20,23)/t11-,13-/m1/s1. The molecular formula is C16H22N6O. The number of aryl methyl sites for hydroxylation is 1. The third kappa shape index (κ3) is 2.76. The largest absolute Gasteiger partial charge is 0.346 e. The van der Waals surface area contributed by atoms with Gasteiger partial charge in [-0.2, -0.15) is 0 Å². The summed E-state index contributed by atoms with van der Waals surface area (Å²) in [7, 11) is 4.08. The second-order valence-corrected chi connectivity index (χ2v) is 6.79. The Morgan fingerprint density at radius 1 is 1.30 bits per heavy atom. The van der Waals surface area contributed by atoms with Crippen molar-refractivity contribution in [2.24, 2.45) is 7.05 Å². The van der Waals surface area contributed by atoms with E-state index in [9.17, 15) is 4.79 Å². The lowest BCUT2D eigenvalue weighted by Crippen LogP contribution is -2.40. The normalized spacial score (nSPS) is 25.0. The van der Waals surface area contributed by atoms with E-state index in [-0.39, 0.29) is 17.9 Å². The first kappa shape index (κ1) is 14.4. The van der Waals surface area contributed by atoms with E-state index in [0.717, 1.165) is 24.6 Å². The highest BCUT2D eigenvalue weighted by atomic mass is 16.2. The number of aromatic amines is 1. The third-order valence-corrected chi connectivity index (χ3v) is 4.86. The SMILES string of the molecule is CN1C[C@@H](NC(=O)c2cnc(C3CC3)[nH]2)[C@H](c2cncn2C)C1. The van der Waals surface area contributed by atoms with Gasteiger partial charge in [-0.3, -0.25) is 4.79 Å². The molecule has 122 valence electrons. The quantitative estimate of drug-likeness (QED) is 0.877. The van der Waals surface area contributed by atoms with Gasteiger partial charge in [0.1, 0.15) is 11.5 Å². The summed E-state index contributed by atoms with van der Waals surface area (Å²) in [6.45, 7) is 1.76. The van der Waals surface area contributed by atoms with Crippen LogP contribution in [0.1, 0.15) is 46.7 Å². The molecule has 4 rings (SSSR count). The summed E-state index contributed by atoms with van der Waals surface area (Å²) in [6, 6.07) is 0.0792. The molecule has 2 aliphatic rings. The number of hydrogen-bond donors (Lipinski definition) is 2. The van der Waals surface area contributed by atoms with Crippen LogP contribution in [-0.4, -0.2) is 56.5 Å². The van der Waals surface area contributed by atoms with Crippen molar-refractivity contribution in [1.82, 2.24) is 29.7 Å². The van der Waals surface area contributed by atoms with Gasteiger partial charge in [-0.1, -0.05) is 0 Å². The molecule has 1 amide bonds. The number of hydrogen-bond acceptors (Lipinski definition) is 4. The van der Waals surface area contributed by atoms with Crippen LogP contribution < -0.4 is 5.32 Å². The predicted molar refractivity (Wildman–Crippen MR) is 85.3 cm³/mol. The molecule has 2 aromatic rings. The first-order chi connectivity index (χ1) is 11.1. The number of likely N-dealkylation sites (tertiary alicyclic amines) is 1. The maximum atomic E-state index is 12.5. The van der Waals surface area contributed by atoms with Gasteiger partial charge in [-0.15, -0.1) is 0 Å². The van der Waals surface area contributed by atoms with E-state index in [4.69, 9.17) is 0 Å². The van der Waals surface area contributed by atoms with Crippen LogP contribution in [0.5, 0.6) is 0 Å². The summed E-state index contributed by atoms with van der Waals surface area (Å²) < 4.78 is 2.03. The minimum Gasteiger partial charge on any atom is -0.346 e. The molecule has 1 aliphatic carbocycles. The smallest absolute Gasteiger partial charge is 0.269 e. The number of carbonyl (C=O) groups excluding carboxylic acids is 1. The molecule has 1 saturated heterocycles. The first-order valence-electron chi connectivity index (χ1n) is 8.12. The molecule has 1 aliphatic heterocycles. The van der Waals surface area contributed by atoms with Crippen molar-refractivity contribution < 1.29 is 4.79 Å². The number of rotatable bonds is 4. The molecule has 7 nitrogen and oxygen atoms in total. The Hall–Kier alpha value is -2.15. The topological polar surface area (TPSA) is 78.8 Å². The monoisotopic (exact) mass is 314 g/mol. The molecule has 1 saturated carbocycles. The van der Waals surface area contributed by atoms with Crippen LogP contribution >= 0.6 is 0 Å². The van der Waals surface area contributed by atoms with Gasteiger partial charge in [-0.25, -0.2) is 9.97 Å². The fraction of sp³-hybridized carbons (Fsp3) is 0.562. The van der Waals surface area contributed by atoms with Gasteiger partial charge >= 0.3 is 0 Å². The van der Waals surface area contributed by atoms with Gasteiger partial charge in [0.2, 0.25) is 0 Å². The van der Waals surface area contributed by atoms with Gasteiger partial charge in [0.05, 0.1) is 18.6 Å². The van der Waals surface area contributed by atoms with Gasteiger partial charge in [0.25, 0.3) is 5.91 Å². The molecule has 3 heterocycles. The van der Waals surface area contributed by atoms with Crippen LogP contribution in [0, 0.1) is 0 Å². The minimum absolute atomic E-state index is 0.0723. The fourth-order valence-electron chi connectivity index (χ4n) is 3.43. The summed E-state index contributed by atoms with van der Waals surface area (Å²) in [5, 5.41) is 3.17. The van der Waals surface area contributed by atoms with Crippen LogP contribution in [0.15, 0.2) is 18.7 Å². The number of amides is 1. The number of carbonyl (C=O) groups is 1. The number of aromatic nitrogens is 4. The van der Waals surface area contributed by atoms with Crippen LogP contribution in [0.4, 0.5) is 0 Å². The number of H-pyrrole nitrogens is 1. The maximum Gasteiger partial charge on any atom is 0.269 e. The molecule has 2 fully saturated rings. The lowest BCUT2D eigenvalue weighted by Gasteiger charge is -2.19. The molecular weight excluding hydrogens is 292 g/mol. The van der Waals surface area contributed by atoms with Gasteiger partial charge in [-0.05, 0) is 19.9 Å². The summed E-state index contributed by atoms with van der Waals surface area (Å²) in [4.78, 5) is 26.5. The Bertz CT molecular complexity index is 716. The van der Waals surface area contributed by atoms with E-state index in [1.807, 2.05) is 24.1 Å². The van der Waals surface area contributed by atoms with Crippen LogP contribution in [0.2, 0.25) is 0 Å². The molecule has 0 unspecified atom stereocenters. The van der Waals surface area contributed by atoms with Crippen molar-refractivity contribution in [3.8, 4) is 0 Å². The summed E-state index contributed by atoms with van der Waals surface area (Å²) in [5.41, 5.74) is 1.72. The van der Waals surface area contributed by atoms with Crippen molar-refractivity contribution in [1.29, 1.82) is 0 Å². The van der Waals surface area contributed by atoms with Crippen LogP contribution in [0.3, 0.4) is 0 Å². The zero-order valence-corrected chi connectivity index (χ0v) is 13.5. The number of nitrogens with one attached hydrogen (secondary N) is 2.